The lowest BCUT2D eigenvalue weighted by molar-refractivity contribution is 0.311. The predicted octanol–water partition coefficient (Wildman–Crippen LogP) is 4.62. The van der Waals surface area contributed by atoms with Crippen LogP contribution in [0.5, 0.6) is 0 Å². The van der Waals surface area contributed by atoms with Gasteiger partial charge < -0.3 is 10.6 Å². The van der Waals surface area contributed by atoms with Gasteiger partial charge in [0.2, 0.25) is 0 Å². The second kappa shape index (κ2) is 7.95. The fraction of sp³-hybridized carbons (Fsp3) is 0.294. The Morgan fingerprint density at radius 2 is 1.71 bits per heavy atom. The van der Waals surface area contributed by atoms with E-state index in [0.717, 1.165) is 34.6 Å². The van der Waals surface area contributed by atoms with Gasteiger partial charge in [-0.25, -0.2) is 0 Å². The molecule has 2 nitrogen and oxygen atoms in total. The van der Waals surface area contributed by atoms with Crippen LogP contribution >= 0.6 is 27.5 Å². The standard InChI is InChI=1S/C17H20BrClN2/c1-21(12-13-2-6-15(18)7-3-13)11-10-17(20)14-4-8-16(19)9-5-14/h2-9,17H,10-12,20H2,1H3. The van der Waals surface area contributed by atoms with Gasteiger partial charge in [-0.05, 0) is 55.4 Å². The van der Waals surface area contributed by atoms with Crippen molar-refractivity contribution in [3.05, 3.63) is 69.2 Å². The number of halogens is 2. The normalized spacial score (nSPS) is 12.6. The van der Waals surface area contributed by atoms with E-state index in [0.29, 0.717) is 0 Å². The first-order valence-electron chi connectivity index (χ1n) is 6.98. The molecule has 0 radical (unpaired) electrons. The predicted molar refractivity (Wildman–Crippen MR) is 93.5 cm³/mol. The monoisotopic (exact) mass is 366 g/mol. The summed E-state index contributed by atoms with van der Waals surface area (Å²) in [5.41, 5.74) is 8.67. The second-order valence-corrected chi connectivity index (χ2v) is 6.66. The Morgan fingerprint density at radius 3 is 2.33 bits per heavy atom. The molecule has 0 fully saturated rings. The molecule has 0 aliphatic carbocycles. The van der Waals surface area contributed by atoms with E-state index in [1.807, 2.05) is 24.3 Å². The second-order valence-electron chi connectivity index (χ2n) is 5.31. The summed E-state index contributed by atoms with van der Waals surface area (Å²) in [5, 5.41) is 0.748. The third kappa shape index (κ3) is 5.44. The Morgan fingerprint density at radius 1 is 1.10 bits per heavy atom. The summed E-state index contributed by atoms with van der Waals surface area (Å²) in [6.45, 7) is 1.89. The summed E-state index contributed by atoms with van der Waals surface area (Å²) in [5.74, 6) is 0. The van der Waals surface area contributed by atoms with Gasteiger partial charge in [-0.1, -0.05) is 51.8 Å². The number of rotatable bonds is 6. The fourth-order valence-corrected chi connectivity index (χ4v) is 2.61. The zero-order valence-electron chi connectivity index (χ0n) is 12.1. The minimum atomic E-state index is 0.0506. The van der Waals surface area contributed by atoms with Crippen molar-refractivity contribution in [1.29, 1.82) is 0 Å². The van der Waals surface area contributed by atoms with E-state index in [2.05, 4.69) is 52.1 Å². The maximum Gasteiger partial charge on any atom is 0.0406 e. The van der Waals surface area contributed by atoms with Gasteiger partial charge in [-0.3, -0.25) is 0 Å². The Balaban J connectivity index is 1.81. The van der Waals surface area contributed by atoms with Crippen molar-refractivity contribution in [3.8, 4) is 0 Å². The number of nitrogens with two attached hydrogens (primary N) is 1. The van der Waals surface area contributed by atoms with Gasteiger partial charge in [0.15, 0.2) is 0 Å². The molecule has 4 heteroatoms. The van der Waals surface area contributed by atoms with E-state index in [4.69, 9.17) is 17.3 Å². The lowest BCUT2D eigenvalue weighted by Crippen LogP contribution is -2.23. The van der Waals surface area contributed by atoms with Crippen LogP contribution in [0.1, 0.15) is 23.6 Å². The molecule has 1 atom stereocenters. The molecule has 2 aromatic carbocycles. The van der Waals surface area contributed by atoms with Crippen LogP contribution in [0, 0.1) is 0 Å². The van der Waals surface area contributed by atoms with Crippen molar-refractivity contribution < 1.29 is 0 Å². The first kappa shape index (κ1) is 16.5. The van der Waals surface area contributed by atoms with Gasteiger partial charge in [0.05, 0.1) is 0 Å². The zero-order chi connectivity index (χ0) is 15.2. The quantitative estimate of drug-likeness (QED) is 0.807. The summed E-state index contributed by atoms with van der Waals surface area (Å²) >= 11 is 9.35. The number of hydrogen-bond donors (Lipinski definition) is 1. The van der Waals surface area contributed by atoms with Gasteiger partial charge in [0, 0.05) is 22.1 Å². The SMILES string of the molecule is CN(CCC(N)c1ccc(Cl)cc1)Cc1ccc(Br)cc1. The lowest BCUT2D eigenvalue weighted by atomic mass is 10.0. The van der Waals surface area contributed by atoms with Gasteiger partial charge in [0.1, 0.15) is 0 Å². The van der Waals surface area contributed by atoms with Crippen LogP contribution in [0.4, 0.5) is 0 Å². The highest BCUT2D eigenvalue weighted by Crippen LogP contribution is 2.18. The summed E-state index contributed by atoms with van der Waals surface area (Å²) in [6, 6.07) is 16.3. The van der Waals surface area contributed by atoms with Gasteiger partial charge >= 0.3 is 0 Å². The maximum absolute atomic E-state index is 6.23. The molecular weight excluding hydrogens is 348 g/mol. The van der Waals surface area contributed by atoms with Crippen LogP contribution in [0.15, 0.2) is 53.0 Å². The lowest BCUT2D eigenvalue weighted by Gasteiger charge is -2.19. The smallest absolute Gasteiger partial charge is 0.0406 e. The van der Waals surface area contributed by atoms with Crippen LogP contribution in [0.2, 0.25) is 5.02 Å². The van der Waals surface area contributed by atoms with E-state index in [9.17, 15) is 0 Å². The van der Waals surface area contributed by atoms with Crippen LogP contribution < -0.4 is 5.73 Å². The molecule has 0 aliphatic rings. The van der Waals surface area contributed by atoms with Crippen molar-refractivity contribution in [3.63, 3.8) is 0 Å². The van der Waals surface area contributed by atoms with E-state index < -0.39 is 0 Å². The Hall–Kier alpha value is -0.870. The number of nitrogens with zero attached hydrogens (tertiary/aromatic N) is 1. The fourth-order valence-electron chi connectivity index (χ4n) is 2.22. The maximum atomic E-state index is 6.23. The van der Waals surface area contributed by atoms with Crippen LogP contribution in [-0.2, 0) is 6.54 Å². The van der Waals surface area contributed by atoms with Crippen molar-refractivity contribution in [2.45, 2.75) is 19.0 Å². The van der Waals surface area contributed by atoms with Crippen LogP contribution in [0.3, 0.4) is 0 Å². The summed E-state index contributed by atoms with van der Waals surface area (Å²) in [6.07, 6.45) is 0.925. The molecule has 0 heterocycles. The molecule has 0 aliphatic heterocycles. The third-order valence-electron chi connectivity index (χ3n) is 3.49. The Kier molecular flexibility index (Phi) is 6.24. The van der Waals surface area contributed by atoms with Crippen molar-refractivity contribution >= 4 is 27.5 Å². The van der Waals surface area contributed by atoms with Gasteiger partial charge in [0.25, 0.3) is 0 Å². The number of benzene rings is 2. The summed E-state index contributed by atoms with van der Waals surface area (Å²) < 4.78 is 1.11. The molecular formula is C17H20BrClN2. The topological polar surface area (TPSA) is 29.3 Å². The van der Waals surface area contributed by atoms with Crippen molar-refractivity contribution in [2.75, 3.05) is 13.6 Å². The molecule has 1 unspecified atom stereocenters. The summed E-state index contributed by atoms with van der Waals surface area (Å²) in [7, 11) is 2.12. The Labute approximate surface area is 140 Å². The highest BCUT2D eigenvalue weighted by Gasteiger charge is 2.08. The number of hydrogen-bond acceptors (Lipinski definition) is 2. The van der Waals surface area contributed by atoms with Crippen LogP contribution in [-0.4, -0.2) is 18.5 Å². The summed E-state index contributed by atoms with van der Waals surface area (Å²) in [4.78, 5) is 2.29. The average Bonchev–Trinajstić information content (AvgIpc) is 2.48. The zero-order valence-corrected chi connectivity index (χ0v) is 14.4. The molecule has 112 valence electrons. The molecule has 2 N–H and O–H groups in total. The highest BCUT2D eigenvalue weighted by molar-refractivity contribution is 9.10. The molecule has 0 saturated heterocycles. The van der Waals surface area contributed by atoms with E-state index in [-0.39, 0.29) is 6.04 Å². The molecule has 2 aromatic rings. The van der Waals surface area contributed by atoms with E-state index >= 15 is 0 Å². The van der Waals surface area contributed by atoms with Crippen molar-refractivity contribution in [2.24, 2.45) is 5.73 Å². The highest BCUT2D eigenvalue weighted by atomic mass is 79.9. The molecule has 0 bridgehead atoms. The first-order chi connectivity index (χ1) is 10.0. The van der Waals surface area contributed by atoms with Crippen molar-refractivity contribution in [1.82, 2.24) is 4.90 Å². The molecule has 0 saturated carbocycles. The van der Waals surface area contributed by atoms with Gasteiger partial charge in [-0.2, -0.15) is 0 Å². The minimum absolute atomic E-state index is 0.0506. The third-order valence-corrected chi connectivity index (χ3v) is 4.27. The van der Waals surface area contributed by atoms with Crippen LogP contribution in [0.25, 0.3) is 0 Å². The van der Waals surface area contributed by atoms with E-state index in [1.165, 1.54) is 5.56 Å². The molecule has 0 spiro atoms. The van der Waals surface area contributed by atoms with Gasteiger partial charge in [-0.15, -0.1) is 0 Å². The average molecular weight is 368 g/mol. The molecule has 2 rings (SSSR count). The molecule has 0 aromatic heterocycles. The first-order valence-corrected chi connectivity index (χ1v) is 8.16. The Bertz CT molecular complexity index is 554. The van der Waals surface area contributed by atoms with E-state index in [1.54, 1.807) is 0 Å². The molecule has 21 heavy (non-hydrogen) atoms. The molecule has 0 amide bonds. The minimum Gasteiger partial charge on any atom is -0.324 e. The largest absolute Gasteiger partial charge is 0.324 e.